The fourth-order valence-corrected chi connectivity index (χ4v) is 4.40. The molecule has 1 aliphatic carbocycles. The Morgan fingerprint density at radius 2 is 2.05 bits per heavy atom. The minimum atomic E-state index is -3.82. The van der Waals surface area contributed by atoms with Crippen molar-refractivity contribution in [3.63, 3.8) is 0 Å². The highest BCUT2D eigenvalue weighted by atomic mass is 32.2. The number of nitrogens with two attached hydrogens (primary N) is 1. The maximum atomic E-state index is 14.0. The van der Waals surface area contributed by atoms with Gasteiger partial charge in [0.1, 0.15) is 10.7 Å². The first-order valence-electron chi connectivity index (χ1n) is 7.48. The summed E-state index contributed by atoms with van der Waals surface area (Å²) in [6.07, 6.45) is 4.93. The van der Waals surface area contributed by atoms with Crippen LogP contribution in [0.5, 0.6) is 0 Å². The lowest BCUT2D eigenvalue weighted by Crippen LogP contribution is -2.42. The molecule has 0 radical (unpaired) electrons. The van der Waals surface area contributed by atoms with E-state index < -0.39 is 15.8 Å². The van der Waals surface area contributed by atoms with Crippen LogP contribution in [0.15, 0.2) is 23.1 Å². The number of sulfonamides is 1. The number of halogens is 1. The Kier molecular flexibility index (Phi) is 5.35. The summed E-state index contributed by atoms with van der Waals surface area (Å²) in [7, 11) is -3.82. The van der Waals surface area contributed by atoms with Crippen LogP contribution in [0.25, 0.3) is 0 Å². The second kappa shape index (κ2) is 6.85. The van der Waals surface area contributed by atoms with Crippen LogP contribution in [-0.2, 0) is 16.6 Å². The van der Waals surface area contributed by atoms with Gasteiger partial charge in [-0.15, -0.1) is 0 Å². The first-order chi connectivity index (χ1) is 9.97. The van der Waals surface area contributed by atoms with Gasteiger partial charge in [0.2, 0.25) is 10.0 Å². The number of hydrogen-bond donors (Lipinski definition) is 2. The summed E-state index contributed by atoms with van der Waals surface area (Å²) in [6, 6.07) is 3.94. The predicted molar refractivity (Wildman–Crippen MR) is 80.6 cm³/mol. The first kappa shape index (κ1) is 16.4. The van der Waals surface area contributed by atoms with Gasteiger partial charge in [0.05, 0.1) is 0 Å². The molecule has 0 aliphatic heterocycles. The monoisotopic (exact) mass is 314 g/mol. The molecule has 0 spiro atoms. The lowest BCUT2D eigenvalue weighted by atomic mass is 9.83. The highest BCUT2D eigenvalue weighted by Crippen LogP contribution is 2.28. The van der Waals surface area contributed by atoms with Crippen LogP contribution in [0.2, 0.25) is 0 Å². The van der Waals surface area contributed by atoms with Crippen molar-refractivity contribution in [2.45, 2.75) is 56.5 Å². The molecule has 1 aromatic carbocycles. The predicted octanol–water partition coefficient (Wildman–Crippen LogP) is 2.53. The number of hydrogen-bond acceptors (Lipinski definition) is 3. The zero-order chi connectivity index (χ0) is 15.5. The summed E-state index contributed by atoms with van der Waals surface area (Å²) in [6.45, 7) is 2.25. The van der Waals surface area contributed by atoms with E-state index in [4.69, 9.17) is 5.73 Å². The van der Waals surface area contributed by atoms with E-state index in [9.17, 15) is 12.8 Å². The lowest BCUT2D eigenvalue weighted by Gasteiger charge is -2.31. The normalized spacial score (nSPS) is 23.2. The first-order valence-corrected chi connectivity index (χ1v) is 8.97. The van der Waals surface area contributed by atoms with Gasteiger partial charge in [-0.3, -0.25) is 0 Å². The van der Waals surface area contributed by atoms with Gasteiger partial charge in [-0.05, 0) is 36.5 Å². The summed E-state index contributed by atoms with van der Waals surface area (Å²) in [5, 5.41) is 0. The molecular weight excluding hydrogens is 291 g/mol. The molecule has 118 valence electrons. The molecule has 21 heavy (non-hydrogen) atoms. The average Bonchev–Trinajstić information content (AvgIpc) is 2.47. The van der Waals surface area contributed by atoms with Crippen molar-refractivity contribution in [2.24, 2.45) is 11.7 Å². The zero-order valence-corrected chi connectivity index (χ0v) is 13.1. The van der Waals surface area contributed by atoms with Crippen LogP contribution in [0.1, 0.15) is 44.6 Å². The third-order valence-electron chi connectivity index (χ3n) is 4.26. The molecule has 0 saturated heterocycles. The second-order valence-corrected chi connectivity index (χ2v) is 7.33. The summed E-state index contributed by atoms with van der Waals surface area (Å²) in [5.74, 6) is -0.408. The summed E-state index contributed by atoms with van der Waals surface area (Å²) in [4.78, 5) is -0.292. The minimum Gasteiger partial charge on any atom is -0.326 e. The fraction of sp³-hybridized carbons (Fsp3) is 0.600. The van der Waals surface area contributed by atoms with Gasteiger partial charge in [0.15, 0.2) is 0 Å². The van der Waals surface area contributed by atoms with Crippen molar-refractivity contribution >= 4 is 10.0 Å². The van der Waals surface area contributed by atoms with Gasteiger partial charge in [-0.25, -0.2) is 17.5 Å². The SMILES string of the molecule is CCC1CCCCC1NS(=O)(=O)c1ccc(CN)cc1F. The Labute approximate surface area is 126 Å². The molecule has 0 amide bonds. The van der Waals surface area contributed by atoms with Gasteiger partial charge in [0, 0.05) is 12.6 Å². The van der Waals surface area contributed by atoms with Crippen LogP contribution in [0, 0.1) is 11.7 Å². The van der Waals surface area contributed by atoms with Gasteiger partial charge in [0.25, 0.3) is 0 Å². The molecule has 1 fully saturated rings. The number of rotatable bonds is 5. The molecule has 1 aromatic rings. The summed E-state index contributed by atoms with van der Waals surface area (Å²) >= 11 is 0. The Balaban J connectivity index is 2.21. The van der Waals surface area contributed by atoms with Crippen LogP contribution >= 0.6 is 0 Å². The summed E-state index contributed by atoms with van der Waals surface area (Å²) in [5.41, 5.74) is 6.01. The molecule has 3 N–H and O–H groups in total. The maximum absolute atomic E-state index is 14.0. The molecule has 1 aliphatic rings. The molecule has 2 rings (SSSR count). The van der Waals surface area contributed by atoms with Crippen molar-refractivity contribution in [3.8, 4) is 0 Å². The molecule has 0 aromatic heterocycles. The van der Waals surface area contributed by atoms with Crippen molar-refractivity contribution in [2.75, 3.05) is 0 Å². The molecule has 4 nitrogen and oxygen atoms in total. The Bertz CT molecular complexity index is 589. The maximum Gasteiger partial charge on any atom is 0.243 e. The zero-order valence-electron chi connectivity index (χ0n) is 12.3. The van der Waals surface area contributed by atoms with Crippen LogP contribution < -0.4 is 10.5 Å². The standard InChI is InChI=1S/C15H23FN2O2S/c1-2-12-5-3-4-6-14(12)18-21(19,20)15-8-7-11(10-17)9-13(15)16/h7-9,12,14,18H,2-6,10,17H2,1H3. The fourth-order valence-electron chi connectivity index (χ4n) is 3.00. The second-order valence-electron chi connectivity index (χ2n) is 5.65. The Morgan fingerprint density at radius 1 is 1.33 bits per heavy atom. The molecule has 0 heterocycles. The van der Waals surface area contributed by atoms with Crippen molar-refractivity contribution in [1.82, 2.24) is 4.72 Å². The quantitative estimate of drug-likeness (QED) is 0.877. The third-order valence-corrected chi connectivity index (χ3v) is 5.78. The number of nitrogens with one attached hydrogen (secondary N) is 1. The van der Waals surface area contributed by atoms with E-state index >= 15 is 0 Å². The highest BCUT2D eigenvalue weighted by Gasteiger charge is 2.29. The third kappa shape index (κ3) is 3.81. The topological polar surface area (TPSA) is 72.2 Å². The minimum absolute atomic E-state index is 0.0951. The van der Waals surface area contributed by atoms with Crippen molar-refractivity contribution in [1.29, 1.82) is 0 Å². The average molecular weight is 314 g/mol. The van der Waals surface area contributed by atoms with Crippen molar-refractivity contribution < 1.29 is 12.8 Å². The van der Waals surface area contributed by atoms with E-state index in [1.165, 1.54) is 12.1 Å². The molecule has 2 unspecified atom stereocenters. The highest BCUT2D eigenvalue weighted by molar-refractivity contribution is 7.89. The van der Waals surface area contributed by atoms with Crippen LogP contribution in [0.3, 0.4) is 0 Å². The molecule has 6 heteroatoms. The van der Waals surface area contributed by atoms with Gasteiger partial charge < -0.3 is 5.73 Å². The van der Waals surface area contributed by atoms with E-state index in [-0.39, 0.29) is 17.5 Å². The summed E-state index contributed by atoms with van der Waals surface area (Å²) < 4.78 is 41.5. The van der Waals surface area contributed by atoms with Gasteiger partial charge >= 0.3 is 0 Å². The van der Waals surface area contributed by atoms with E-state index in [2.05, 4.69) is 11.6 Å². The molecule has 2 atom stereocenters. The smallest absolute Gasteiger partial charge is 0.243 e. The van der Waals surface area contributed by atoms with Gasteiger partial charge in [-0.1, -0.05) is 32.3 Å². The van der Waals surface area contributed by atoms with Crippen LogP contribution in [0.4, 0.5) is 4.39 Å². The van der Waals surface area contributed by atoms with Crippen molar-refractivity contribution in [3.05, 3.63) is 29.6 Å². The number of benzene rings is 1. The van der Waals surface area contributed by atoms with Crippen LogP contribution in [-0.4, -0.2) is 14.5 Å². The lowest BCUT2D eigenvalue weighted by molar-refractivity contribution is 0.282. The largest absolute Gasteiger partial charge is 0.326 e. The Morgan fingerprint density at radius 3 is 2.67 bits per heavy atom. The van der Waals surface area contributed by atoms with E-state index in [1.807, 2.05) is 0 Å². The molecular formula is C15H23FN2O2S. The van der Waals surface area contributed by atoms with E-state index in [1.54, 1.807) is 6.07 Å². The Hall–Kier alpha value is -0.980. The molecule has 0 bridgehead atoms. The molecule has 1 saturated carbocycles. The van der Waals surface area contributed by atoms with Gasteiger partial charge in [-0.2, -0.15) is 0 Å². The van der Waals surface area contributed by atoms with E-state index in [0.717, 1.165) is 32.1 Å². The van der Waals surface area contributed by atoms with E-state index in [0.29, 0.717) is 11.5 Å².